The average molecular weight is 491 g/mol. The third-order valence-electron chi connectivity index (χ3n) is 7.34. The molecule has 2 nitrogen and oxygen atoms in total. The van der Waals surface area contributed by atoms with Crippen LogP contribution in [0.15, 0.2) is 137 Å². The zero-order valence-corrected chi connectivity index (χ0v) is 20.8. The molecule has 37 heavy (non-hydrogen) atoms. The van der Waals surface area contributed by atoms with Gasteiger partial charge >= 0.3 is 0 Å². The van der Waals surface area contributed by atoms with Crippen LogP contribution in [0.25, 0.3) is 33.0 Å². The molecule has 2 aliphatic rings. The van der Waals surface area contributed by atoms with Gasteiger partial charge in [0.15, 0.2) is 0 Å². The topological polar surface area (TPSA) is 15.3 Å². The van der Waals surface area contributed by atoms with Crippen molar-refractivity contribution in [3.8, 4) is 22.3 Å². The van der Waals surface area contributed by atoms with E-state index < -0.39 is 0 Å². The van der Waals surface area contributed by atoms with Crippen LogP contribution in [0.5, 0.6) is 0 Å². The van der Waals surface area contributed by atoms with E-state index >= 15 is 0 Å². The summed E-state index contributed by atoms with van der Waals surface area (Å²) in [6, 6.07) is 46.0. The second-order valence-corrected chi connectivity index (χ2v) is 10.5. The Labute approximate surface area is 220 Å². The highest BCUT2D eigenvalue weighted by atomic mass is 32.2. The lowest BCUT2D eigenvalue weighted by Crippen LogP contribution is -2.15. The maximum Gasteiger partial charge on any atom is 0.0622 e. The number of hydrogen-bond donors (Lipinski definition) is 1. The quantitative estimate of drug-likeness (QED) is 0.259. The molecule has 0 unspecified atom stereocenters. The summed E-state index contributed by atoms with van der Waals surface area (Å²) >= 11 is 1.88. The van der Waals surface area contributed by atoms with Gasteiger partial charge in [0.25, 0.3) is 0 Å². The van der Waals surface area contributed by atoms with Crippen molar-refractivity contribution >= 4 is 51.0 Å². The van der Waals surface area contributed by atoms with Gasteiger partial charge in [0.2, 0.25) is 0 Å². The summed E-state index contributed by atoms with van der Waals surface area (Å²) < 4.78 is 0. The minimum atomic E-state index is 1.12. The van der Waals surface area contributed by atoms with Crippen LogP contribution in [0.1, 0.15) is 0 Å². The number of fused-ring (bicyclic) bond motifs is 2. The Balaban J connectivity index is 1.52. The first-order valence-corrected chi connectivity index (χ1v) is 13.4. The predicted molar refractivity (Wildman–Crippen MR) is 157 cm³/mol. The van der Waals surface area contributed by atoms with Gasteiger partial charge in [-0.05, 0) is 70.6 Å². The Hall–Kier alpha value is -4.47. The van der Waals surface area contributed by atoms with E-state index in [0.29, 0.717) is 0 Å². The highest BCUT2D eigenvalue weighted by molar-refractivity contribution is 8.00. The van der Waals surface area contributed by atoms with E-state index in [1.165, 1.54) is 59.9 Å². The molecule has 6 aromatic rings. The molecule has 0 saturated heterocycles. The number of hydrogen-bond acceptors (Lipinski definition) is 3. The van der Waals surface area contributed by atoms with Gasteiger partial charge in [0.1, 0.15) is 0 Å². The molecule has 0 amide bonds. The molecule has 2 bridgehead atoms. The second-order valence-electron chi connectivity index (χ2n) is 9.50. The lowest BCUT2D eigenvalue weighted by atomic mass is 9.91. The molecule has 3 heteroatoms. The van der Waals surface area contributed by atoms with Crippen molar-refractivity contribution in [1.82, 2.24) is 0 Å². The van der Waals surface area contributed by atoms with E-state index in [2.05, 4.69) is 138 Å². The molecule has 6 aromatic carbocycles. The maximum atomic E-state index is 3.81. The van der Waals surface area contributed by atoms with Gasteiger partial charge in [-0.2, -0.15) is 0 Å². The summed E-state index contributed by atoms with van der Waals surface area (Å²) in [7, 11) is 0. The molecular weight excluding hydrogens is 468 g/mol. The molecule has 0 fully saturated rings. The van der Waals surface area contributed by atoms with E-state index in [1.54, 1.807) is 0 Å². The van der Waals surface area contributed by atoms with Crippen molar-refractivity contribution in [2.45, 2.75) is 9.79 Å². The fraction of sp³-hybridized carbons (Fsp3) is 0. The van der Waals surface area contributed by atoms with Crippen molar-refractivity contribution < 1.29 is 0 Å². The first-order valence-electron chi connectivity index (χ1n) is 12.5. The van der Waals surface area contributed by atoms with Gasteiger partial charge in [-0.25, -0.2) is 0 Å². The third-order valence-corrected chi connectivity index (χ3v) is 8.59. The normalized spacial score (nSPS) is 12.9. The summed E-state index contributed by atoms with van der Waals surface area (Å²) in [5, 5.41) is 6.38. The number of anilines is 5. The Bertz CT molecular complexity index is 1830. The zero-order valence-electron chi connectivity index (χ0n) is 20.0. The fourth-order valence-electron chi connectivity index (χ4n) is 5.68. The van der Waals surface area contributed by atoms with Crippen LogP contribution in [-0.2, 0) is 0 Å². The Morgan fingerprint density at radius 3 is 2.11 bits per heavy atom. The van der Waals surface area contributed by atoms with Crippen molar-refractivity contribution in [1.29, 1.82) is 0 Å². The molecule has 0 atom stereocenters. The highest BCUT2D eigenvalue weighted by Gasteiger charge is 2.30. The van der Waals surface area contributed by atoms with E-state index in [-0.39, 0.29) is 0 Å². The van der Waals surface area contributed by atoms with Crippen LogP contribution in [0, 0.1) is 0 Å². The number of nitrogens with one attached hydrogen (secondary N) is 1. The van der Waals surface area contributed by atoms with E-state index in [1.807, 2.05) is 11.8 Å². The first-order chi connectivity index (χ1) is 18.3. The molecule has 0 radical (unpaired) electrons. The van der Waals surface area contributed by atoms with Gasteiger partial charge in [0.05, 0.1) is 22.0 Å². The molecule has 0 spiro atoms. The summed E-state index contributed by atoms with van der Waals surface area (Å²) in [6.07, 6.45) is 0. The summed E-state index contributed by atoms with van der Waals surface area (Å²) in [5.74, 6) is 0. The van der Waals surface area contributed by atoms with E-state index in [0.717, 1.165) is 11.4 Å². The van der Waals surface area contributed by atoms with Crippen molar-refractivity contribution in [2.75, 3.05) is 10.2 Å². The lowest BCUT2D eigenvalue weighted by molar-refractivity contribution is 1.18. The van der Waals surface area contributed by atoms with Crippen LogP contribution in [0.4, 0.5) is 28.4 Å². The van der Waals surface area contributed by atoms with Gasteiger partial charge in [-0.15, -0.1) is 0 Å². The summed E-state index contributed by atoms with van der Waals surface area (Å²) in [6.45, 7) is 0. The first kappa shape index (κ1) is 20.7. The van der Waals surface area contributed by atoms with Crippen LogP contribution in [0.2, 0.25) is 0 Å². The fourth-order valence-corrected chi connectivity index (χ4v) is 6.97. The SMILES string of the molecule is c1ccc(-c2cc3c4c5c(ccc4c2)N(c2ccccc2)c2cccc(c2S5)Nc2ccccc2-3)cc1. The Morgan fingerprint density at radius 1 is 0.514 bits per heavy atom. The standard InChI is InChI=1S/C34H22N2S/c1-3-10-22(11-4-1)24-20-23-18-19-31-34-32(23)27(21-24)26-14-7-8-15-28(26)35-29-16-9-17-30(33(29)37-34)36(31)25-12-5-2-6-13-25/h1-21,35H. The minimum absolute atomic E-state index is 1.12. The van der Waals surface area contributed by atoms with Crippen LogP contribution in [-0.4, -0.2) is 0 Å². The molecule has 0 aliphatic carbocycles. The summed E-state index contributed by atoms with van der Waals surface area (Å²) in [5.41, 5.74) is 10.8. The number of nitrogens with zero attached hydrogens (tertiary/aromatic N) is 1. The van der Waals surface area contributed by atoms with Gasteiger partial charge in [0, 0.05) is 27.2 Å². The highest BCUT2D eigenvalue weighted by Crippen LogP contribution is 2.58. The van der Waals surface area contributed by atoms with Gasteiger partial charge in [-0.3, -0.25) is 0 Å². The monoisotopic (exact) mass is 490 g/mol. The van der Waals surface area contributed by atoms with Crippen molar-refractivity contribution in [2.24, 2.45) is 0 Å². The summed E-state index contributed by atoms with van der Waals surface area (Å²) in [4.78, 5) is 4.96. The molecule has 2 aliphatic heterocycles. The lowest BCUT2D eigenvalue weighted by Gasteiger charge is -2.34. The van der Waals surface area contributed by atoms with E-state index in [4.69, 9.17) is 0 Å². The number of rotatable bonds is 2. The molecule has 174 valence electrons. The third kappa shape index (κ3) is 3.14. The maximum absolute atomic E-state index is 3.81. The molecule has 0 saturated carbocycles. The number of para-hydroxylation sites is 2. The molecule has 2 heterocycles. The van der Waals surface area contributed by atoms with E-state index in [9.17, 15) is 0 Å². The van der Waals surface area contributed by atoms with Crippen LogP contribution in [0.3, 0.4) is 0 Å². The van der Waals surface area contributed by atoms with Crippen LogP contribution < -0.4 is 10.2 Å². The van der Waals surface area contributed by atoms with Gasteiger partial charge in [-0.1, -0.05) is 90.6 Å². The van der Waals surface area contributed by atoms with Crippen molar-refractivity contribution in [3.63, 3.8) is 0 Å². The Kier molecular flexibility index (Phi) is 4.49. The molecular formula is C34H22N2S. The molecule has 0 aromatic heterocycles. The smallest absolute Gasteiger partial charge is 0.0622 e. The predicted octanol–water partition coefficient (Wildman–Crippen LogP) is 10.2. The largest absolute Gasteiger partial charge is 0.354 e. The molecule has 8 rings (SSSR count). The molecule has 1 N–H and O–H groups in total. The van der Waals surface area contributed by atoms with Crippen LogP contribution >= 0.6 is 11.8 Å². The van der Waals surface area contributed by atoms with Crippen molar-refractivity contribution in [3.05, 3.63) is 127 Å². The average Bonchev–Trinajstić information content (AvgIpc) is 3.02. The Morgan fingerprint density at radius 2 is 1.24 bits per heavy atom. The second kappa shape index (κ2) is 8.02. The number of benzene rings is 6. The minimum Gasteiger partial charge on any atom is -0.354 e. The van der Waals surface area contributed by atoms with Gasteiger partial charge < -0.3 is 10.2 Å². The zero-order chi connectivity index (χ0) is 24.3.